The molecule has 0 heterocycles. The zero-order valence-corrected chi connectivity index (χ0v) is 18.6. The van der Waals surface area contributed by atoms with Crippen LogP contribution in [0.2, 0.25) is 0 Å². The first-order chi connectivity index (χ1) is 15.2. The van der Waals surface area contributed by atoms with Gasteiger partial charge < -0.3 is 4.90 Å². The minimum absolute atomic E-state index is 0.277. The van der Waals surface area contributed by atoms with Crippen molar-refractivity contribution in [1.82, 2.24) is 0 Å². The number of aryl methyl sites for hydroxylation is 1. The average Bonchev–Trinajstić information content (AvgIpc) is 3.07. The van der Waals surface area contributed by atoms with E-state index in [1.165, 1.54) is 60.2 Å². The van der Waals surface area contributed by atoms with Gasteiger partial charge in [-0.15, -0.1) is 0 Å². The molecule has 4 fully saturated rings. The van der Waals surface area contributed by atoms with Gasteiger partial charge in [-0.1, -0.05) is 48.5 Å². The van der Waals surface area contributed by atoms with Crippen LogP contribution in [0.3, 0.4) is 0 Å². The monoisotopic (exact) mass is 405 g/mol. The van der Waals surface area contributed by atoms with Gasteiger partial charge in [0.1, 0.15) is 0 Å². The maximum atomic E-state index is 2.52. The van der Waals surface area contributed by atoms with E-state index in [0.717, 1.165) is 23.7 Å². The zero-order chi connectivity index (χ0) is 20.7. The predicted molar refractivity (Wildman–Crippen MR) is 129 cm³/mol. The molecule has 3 aromatic carbocycles. The molecule has 1 spiro atoms. The summed E-state index contributed by atoms with van der Waals surface area (Å²) in [5.41, 5.74) is 10.5. The second kappa shape index (κ2) is 6.25. The molecule has 156 valence electrons. The number of anilines is 2. The molecule has 5 aliphatic carbocycles. The van der Waals surface area contributed by atoms with Crippen molar-refractivity contribution in [2.24, 2.45) is 23.7 Å². The molecule has 0 aromatic heterocycles. The van der Waals surface area contributed by atoms with Crippen molar-refractivity contribution in [2.45, 2.75) is 44.4 Å². The highest BCUT2D eigenvalue weighted by Crippen LogP contribution is 2.69. The van der Waals surface area contributed by atoms with Crippen molar-refractivity contribution in [3.05, 3.63) is 83.4 Å². The fourth-order valence-electron chi connectivity index (χ4n) is 8.43. The molecule has 5 aliphatic rings. The van der Waals surface area contributed by atoms with Crippen molar-refractivity contribution >= 4 is 11.4 Å². The number of benzene rings is 3. The first kappa shape index (κ1) is 18.1. The molecule has 0 N–H and O–H groups in total. The van der Waals surface area contributed by atoms with Crippen LogP contribution < -0.4 is 4.90 Å². The lowest BCUT2D eigenvalue weighted by Crippen LogP contribution is -2.55. The molecule has 3 aromatic rings. The predicted octanol–water partition coefficient (Wildman–Crippen LogP) is 7.49. The van der Waals surface area contributed by atoms with Gasteiger partial charge in [-0.05, 0) is 109 Å². The smallest absolute Gasteiger partial charge is 0.0437 e. The number of nitrogens with zero attached hydrogens (tertiary/aromatic N) is 1. The van der Waals surface area contributed by atoms with Crippen molar-refractivity contribution in [3.8, 4) is 11.1 Å². The summed E-state index contributed by atoms with van der Waals surface area (Å²) in [5, 5.41) is 0. The number of rotatable bonds is 2. The number of fused-ring (bicyclic) bond motifs is 3. The van der Waals surface area contributed by atoms with E-state index < -0.39 is 0 Å². The van der Waals surface area contributed by atoms with Gasteiger partial charge in [0.15, 0.2) is 0 Å². The Hall–Kier alpha value is -2.54. The van der Waals surface area contributed by atoms with Gasteiger partial charge in [0, 0.05) is 23.8 Å². The van der Waals surface area contributed by atoms with E-state index in [1.54, 1.807) is 11.1 Å². The normalized spacial score (nSPS) is 31.7. The maximum absolute atomic E-state index is 2.52. The van der Waals surface area contributed by atoms with Crippen molar-refractivity contribution in [3.63, 3.8) is 0 Å². The van der Waals surface area contributed by atoms with E-state index in [9.17, 15) is 0 Å². The summed E-state index contributed by atoms with van der Waals surface area (Å²) in [7, 11) is 2.21. The van der Waals surface area contributed by atoms with Crippen LogP contribution in [0.1, 0.15) is 48.8 Å². The Morgan fingerprint density at radius 3 is 2.10 bits per heavy atom. The molecule has 0 saturated heterocycles. The van der Waals surface area contributed by atoms with Crippen LogP contribution in [-0.4, -0.2) is 7.05 Å². The molecule has 8 rings (SSSR count). The Morgan fingerprint density at radius 1 is 0.710 bits per heavy atom. The largest absolute Gasteiger partial charge is 0.344 e. The van der Waals surface area contributed by atoms with E-state index in [1.807, 2.05) is 0 Å². The first-order valence-electron chi connectivity index (χ1n) is 12.2. The van der Waals surface area contributed by atoms with Crippen molar-refractivity contribution in [2.75, 3.05) is 11.9 Å². The third-order valence-corrected chi connectivity index (χ3v) is 9.40. The Bertz CT molecular complexity index is 1160. The molecule has 0 aliphatic heterocycles. The van der Waals surface area contributed by atoms with E-state index in [-0.39, 0.29) is 5.41 Å². The van der Waals surface area contributed by atoms with Crippen LogP contribution >= 0.6 is 0 Å². The fraction of sp³-hybridized carbons (Fsp3) is 0.400. The summed E-state index contributed by atoms with van der Waals surface area (Å²) in [4.78, 5) is 2.36. The minimum atomic E-state index is 0.277. The molecule has 31 heavy (non-hydrogen) atoms. The standard InChI is InChI=1S/C30H31N/c1-19-7-3-6-10-29(19)31(2)24-11-12-28-26(18-24)25-8-4-5-9-27(25)30(28)22-14-20-13-21(16-22)17-23(30)15-20/h3-12,18,20-23H,13-17H2,1-2H3. The van der Waals surface area contributed by atoms with Crippen molar-refractivity contribution in [1.29, 1.82) is 0 Å². The molecule has 0 amide bonds. The minimum Gasteiger partial charge on any atom is -0.344 e. The van der Waals surface area contributed by atoms with Crippen LogP contribution in [0.15, 0.2) is 66.7 Å². The first-order valence-corrected chi connectivity index (χ1v) is 12.2. The molecular weight excluding hydrogens is 374 g/mol. The lowest BCUT2D eigenvalue weighted by molar-refractivity contribution is -0.0399. The van der Waals surface area contributed by atoms with Crippen LogP contribution in [-0.2, 0) is 5.41 Å². The van der Waals surface area contributed by atoms with Crippen LogP contribution in [0, 0.1) is 30.6 Å². The number of para-hydroxylation sites is 1. The van der Waals surface area contributed by atoms with E-state index in [4.69, 9.17) is 0 Å². The highest BCUT2D eigenvalue weighted by molar-refractivity contribution is 5.85. The summed E-state index contributed by atoms with van der Waals surface area (Å²) in [5.74, 6) is 3.67. The van der Waals surface area contributed by atoms with E-state index in [2.05, 4.69) is 85.6 Å². The molecule has 4 bridgehead atoms. The van der Waals surface area contributed by atoms with Gasteiger partial charge in [0.2, 0.25) is 0 Å². The van der Waals surface area contributed by atoms with Gasteiger partial charge in [0.25, 0.3) is 0 Å². The summed E-state index contributed by atoms with van der Waals surface area (Å²) < 4.78 is 0. The second-order valence-electron chi connectivity index (χ2n) is 10.8. The molecule has 1 heteroatoms. The Morgan fingerprint density at radius 2 is 1.35 bits per heavy atom. The van der Waals surface area contributed by atoms with Gasteiger partial charge in [-0.2, -0.15) is 0 Å². The third kappa shape index (κ3) is 2.27. The van der Waals surface area contributed by atoms with E-state index >= 15 is 0 Å². The van der Waals surface area contributed by atoms with Gasteiger partial charge in [-0.25, -0.2) is 0 Å². The Kier molecular flexibility index (Phi) is 3.64. The molecule has 0 unspecified atom stereocenters. The number of hydrogen-bond donors (Lipinski definition) is 0. The summed E-state index contributed by atoms with van der Waals surface area (Å²) in [6.07, 6.45) is 7.31. The molecule has 1 nitrogen and oxygen atoms in total. The topological polar surface area (TPSA) is 3.24 Å². The van der Waals surface area contributed by atoms with Crippen LogP contribution in [0.5, 0.6) is 0 Å². The lowest BCUT2D eigenvalue weighted by atomic mass is 9.43. The summed E-state index contributed by atoms with van der Waals surface area (Å²) in [6.45, 7) is 2.21. The van der Waals surface area contributed by atoms with Gasteiger partial charge in [-0.3, -0.25) is 0 Å². The lowest BCUT2D eigenvalue weighted by Gasteiger charge is -2.61. The molecule has 4 saturated carbocycles. The van der Waals surface area contributed by atoms with E-state index in [0.29, 0.717) is 0 Å². The Balaban J connectivity index is 1.41. The molecular formula is C30H31N. The Labute approximate surface area is 186 Å². The SMILES string of the molecule is Cc1ccccc1N(C)c1ccc2c(c1)-c1ccccc1C21C2CC3CC(C2)CC1C3. The highest BCUT2D eigenvalue weighted by Gasteiger charge is 2.61. The van der Waals surface area contributed by atoms with Crippen LogP contribution in [0.4, 0.5) is 11.4 Å². The zero-order valence-electron chi connectivity index (χ0n) is 18.6. The van der Waals surface area contributed by atoms with Crippen molar-refractivity contribution < 1.29 is 0 Å². The van der Waals surface area contributed by atoms with Crippen LogP contribution in [0.25, 0.3) is 11.1 Å². The maximum Gasteiger partial charge on any atom is 0.0437 e. The summed E-state index contributed by atoms with van der Waals surface area (Å²) >= 11 is 0. The highest BCUT2D eigenvalue weighted by atomic mass is 15.1. The average molecular weight is 406 g/mol. The molecule has 0 atom stereocenters. The third-order valence-electron chi connectivity index (χ3n) is 9.40. The van der Waals surface area contributed by atoms with Gasteiger partial charge >= 0.3 is 0 Å². The second-order valence-corrected chi connectivity index (χ2v) is 10.8. The van der Waals surface area contributed by atoms with Gasteiger partial charge in [0.05, 0.1) is 0 Å². The summed E-state index contributed by atoms with van der Waals surface area (Å²) in [6, 6.07) is 25.5. The quantitative estimate of drug-likeness (QED) is 0.427. The fourth-order valence-corrected chi connectivity index (χ4v) is 8.43. The molecule has 0 radical (unpaired) electrons. The number of hydrogen-bond acceptors (Lipinski definition) is 1.